The van der Waals surface area contributed by atoms with Gasteiger partial charge in [0.1, 0.15) is 4.21 Å². The zero-order chi connectivity index (χ0) is 15.8. The number of esters is 1. The summed E-state index contributed by atoms with van der Waals surface area (Å²) in [5.41, 5.74) is 6.03. The van der Waals surface area contributed by atoms with Crippen LogP contribution < -0.4 is 5.73 Å². The first-order valence-corrected chi connectivity index (χ1v) is 8.93. The molecule has 0 saturated carbocycles. The molecule has 2 rings (SSSR count). The van der Waals surface area contributed by atoms with Crippen LogP contribution in [0.4, 0.5) is 0 Å². The molecule has 2 N–H and O–H groups in total. The predicted molar refractivity (Wildman–Crippen MR) is 80.8 cm³/mol. The Kier molecular flexibility index (Phi) is 4.44. The van der Waals surface area contributed by atoms with E-state index in [1.165, 1.54) is 22.9 Å². The third-order valence-electron chi connectivity index (χ3n) is 3.87. The van der Waals surface area contributed by atoms with E-state index < -0.39 is 16.0 Å². The monoisotopic (exact) mass is 332 g/mol. The van der Waals surface area contributed by atoms with Crippen LogP contribution in [0.3, 0.4) is 0 Å². The molecule has 0 aromatic carbocycles. The number of piperidine rings is 1. The number of hydrogen-bond donors (Lipinski definition) is 1. The van der Waals surface area contributed by atoms with Crippen molar-refractivity contribution in [3.8, 4) is 0 Å². The Bertz CT molecular complexity index is 636. The van der Waals surface area contributed by atoms with Crippen molar-refractivity contribution in [1.29, 1.82) is 0 Å². The minimum atomic E-state index is -3.59. The number of carbonyl (C=O) groups excluding carboxylic acids is 1. The number of methoxy groups -OCH3 is 1. The molecular weight excluding hydrogens is 312 g/mol. The molecular formula is C13H20N2O4S2. The Labute approximate surface area is 128 Å². The third-order valence-corrected chi connectivity index (χ3v) is 7.13. The van der Waals surface area contributed by atoms with Crippen molar-refractivity contribution in [2.45, 2.75) is 30.5 Å². The van der Waals surface area contributed by atoms with Crippen LogP contribution in [-0.4, -0.2) is 44.9 Å². The lowest BCUT2D eigenvalue weighted by atomic mass is 9.81. The molecule has 1 aromatic heterocycles. The van der Waals surface area contributed by atoms with Crippen LogP contribution in [0, 0.1) is 5.41 Å². The number of ether oxygens (including phenoxy) is 1. The maximum absolute atomic E-state index is 12.6. The number of rotatable bonds is 3. The van der Waals surface area contributed by atoms with Crippen LogP contribution in [0.25, 0.3) is 0 Å². The van der Waals surface area contributed by atoms with E-state index in [1.54, 1.807) is 0 Å². The van der Waals surface area contributed by atoms with Gasteiger partial charge in [-0.15, -0.1) is 11.3 Å². The van der Waals surface area contributed by atoms with Crippen LogP contribution >= 0.6 is 11.3 Å². The fourth-order valence-corrected chi connectivity index (χ4v) is 5.26. The third kappa shape index (κ3) is 3.13. The largest absolute Gasteiger partial charge is 0.465 e. The van der Waals surface area contributed by atoms with Gasteiger partial charge in [-0.1, -0.05) is 13.8 Å². The van der Waals surface area contributed by atoms with Crippen molar-refractivity contribution in [3.05, 3.63) is 17.0 Å². The van der Waals surface area contributed by atoms with Crippen molar-refractivity contribution in [2.24, 2.45) is 11.1 Å². The van der Waals surface area contributed by atoms with Gasteiger partial charge in [0.2, 0.25) is 0 Å². The standard InChI is InChI=1S/C13H20N2O4S2/c1-13(2)8-15(5-4-10(13)14)21(17,18)11-6-9(7-20-11)12(16)19-3/h6-7,10H,4-5,8,14H2,1-3H3. The quantitative estimate of drug-likeness (QED) is 0.842. The highest BCUT2D eigenvalue weighted by molar-refractivity contribution is 7.91. The van der Waals surface area contributed by atoms with Crippen LogP contribution in [0.5, 0.6) is 0 Å². The van der Waals surface area contributed by atoms with Gasteiger partial charge in [-0.25, -0.2) is 13.2 Å². The Morgan fingerprint density at radius 2 is 2.19 bits per heavy atom. The normalized spacial score (nSPS) is 23.0. The minimum Gasteiger partial charge on any atom is -0.465 e. The fraction of sp³-hybridized carbons (Fsp3) is 0.615. The summed E-state index contributed by atoms with van der Waals surface area (Å²) in [7, 11) is -2.32. The lowest BCUT2D eigenvalue weighted by Crippen LogP contribution is -2.53. The predicted octanol–water partition coefficient (Wildman–Crippen LogP) is 1.28. The molecule has 0 amide bonds. The summed E-state index contributed by atoms with van der Waals surface area (Å²) < 4.78 is 31.5. The number of nitrogens with zero attached hydrogens (tertiary/aromatic N) is 1. The van der Waals surface area contributed by atoms with Gasteiger partial charge in [0.15, 0.2) is 0 Å². The summed E-state index contributed by atoms with van der Waals surface area (Å²) in [5, 5.41) is 1.50. The molecule has 1 aliphatic rings. The second-order valence-corrected chi connectivity index (χ2v) is 8.94. The number of carbonyl (C=O) groups is 1. The van der Waals surface area contributed by atoms with Gasteiger partial charge in [-0.2, -0.15) is 4.31 Å². The molecule has 8 heteroatoms. The number of thiophene rings is 1. The number of hydrogen-bond acceptors (Lipinski definition) is 6. The summed E-state index contributed by atoms with van der Waals surface area (Å²) in [6, 6.07) is 1.35. The van der Waals surface area contributed by atoms with E-state index in [4.69, 9.17) is 5.73 Å². The van der Waals surface area contributed by atoms with E-state index in [2.05, 4.69) is 4.74 Å². The van der Waals surface area contributed by atoms with Gasteiger partial charge in [-0.3, -0.25) is 0 Å². The van der Waals surface area contributed by atoms with E-state index in [9.17, 15) is 13.2 Å². The van der Waals surface area contributed by atoms with Gasteiger partial charge >= 0.3 is 5.97 Å². The number of sulfonamides is 1. The molecule has 1 aliphatic heterocycles. The molecule has 0 aliphatic carbocycles. The fourth-order valence-electron chi connectivity index (χ4n) is 2.33. The molecule has 1 aromatic rings. The highest BCUT2D eigenvalue weighted by atomic mass is 32.2. The highest BCUT2D eigenvalue weighted by Gasteiger charge is 2.39. The first kappa shape index (κ1) is 16.4. The first-order chi connectivity index (χ1) is 9.68. The molecule has 1 unspecified atom stereocenters. The van der Waals surface area contributed by atoms with Crippen molar-refractivity contribution < 1.29 is 17.9 Å². The summed E-state index contributed by atoms with van der Waals surface area (Å²) in [6.07, 6.45) is 0.626. The van der Waals surface area contributed by atoms with Crippen molar-refractivity contribution in [1.82, 2.24) is 4.31 Å². The lowest BCUT2D eigenvalue weighted by molar-refractivity contribution is 0.0601. The molecule has 118 valence electrons. The molecule has 2 heterocycles. The zero-order valence-electron chi connectivity index (χ0n) is 12.3. The molecule has 0 radical (unpaired) electrons. The molecule has 21 heavy (non-hydrogen) atoms. The summed E-state index contributed by atoms with van der Waals surface area (Å²) >= 11 is 1.03. The summed E-state index contributed by atoms with van der Waals surface area (Å²) in [5.74, 6) is -0.534. The van der Waals surface area contributed by atoms with E-state index in [1.807, 2.05) is 13.8 Å². The van der Waals surface area contributed by atoms with Crippen molar-refractivity contribution in [2.75, 3.05) is 20.2 Å². The van der Waals surface area contributed by atoms with Crippen molar-refractivity contribution in [3.63, 3.8) is 0 Å². The van der Waals surface area contributed by atoms with Gasteiger partial charge in [0, 0.05) is 24.5 Å². The van der Waals surface area contributed by atoms with E-state index >= 15 is 0 Å². The molecule has 6 nitrogen and oxygen atoms in total. The van der Waals surface area contributed by atoms with Crippen molar-refractivity contribution >= 4 is 27.3 Å². The topological polar surface area (TPSA) is 89.7 Å². The second kappa shape index (κ2) is 5.68. The van der Waals surface area contributed by atoms with E-state index in [0.29, 0.717) is 19.5 Å². The average Bonchev–Trinajstić information content (AvgIpc) is 2.91. The Morgan fingerprint density at radius 3 is 2.76 bits per heavy atom. The van der Waals surface area contributed by atoms with Gasteiger partial charge in [0.25, 0.3) is 10.0 Å². The summed E-state index contributed by atoms with van der Waals surface area (Å²) in [4.78, 5) is 11.4. The zero-order valence-corrected chi connectivity index (χ0v) is 14.0. The maximum atomic E-state index is 12.6. The highest BCUT2D eigenvalue weighted by Crippen LogP contribution is 2.33. The second-order valence-electron chi connectivity index (χ2n) is 5.87. The Morgan fingerprint density at radius 1 is 1.52 bits per heavy atom. The van der Waals surface area contributed by atoms with Gasteiger partial charge in [0.05, 0.1) is 12.7 Å². The Hall–Kier alpha value is -0.960. The molecule has 0 spiro atoms. The molecule has 1 atom stereocenters. The maximum Gasteiger partial charge on any atom is 0.338 e. The van der Waals surface area contributed by atoms with Crippen LogP contribution in [0.15, 0.2) is 15.7 Å². The van der Waals surface area contributed by atoms with Crippen LogP contribution in [0.2, 0.25) is 0 Å². The molecule has 1 fully saturated rings. The molecule has 1 saturated heterocycles. The molecule has 0 bridgehead atoms. The van der Waals surface area contributed by atoms with E-state index in [0.717, 1.165) is 11.3 Å². The Balaban J connectivity index is 2.26. The van der Waals surface area contributed by atoms with Crippen LogP contribution in [0.1, 0.15) is 30.6 Å². The average molecular weight is 332 g/mol. The SMILES string of the molecule is COC(=O)c1csc(S(=O)(=O)N2CCC(N)C(C)(C)C2)c1. The van der Waals surface area contributed by atoms with Gasteiger partial charge in [-0.05, 0) is 17.9 Å². The van der Waals surface area contributed by atoms with Gasteiger partial charge < -0.3 is 10.5 Å². The lowest BCUT2D eigenvalue weighted by Gasteiger charge is -2.41. The summed E-state index contributed by atoms with van der Waals surface area (Å²) in [6.45, 7) is 4.71. The van der Waals surface area contributed by atoms with Crippen LogP contribution in [-0.2, 0) is 14.8 Å². The first-order valence-electron chi connectivity index (χ1n) is 6.61. The minimum absolute atomic E-state index is 0.0158. The van der Waals surface area contributed by atoms with E-state index in [-0.39, 0.29) is 21.2 Å². The smallest absolute Gasteiger partial charge is 0.338 e. The number of nitrogens with two attached hydrogens (primary N) is 1.